The van der Waals surface area contributed by atoms with Crippen LogP contribution in [0.5, 0.6) is 0 Å². The zero-order valence-electron chi connectivity index (χ0n) is 9.19. The molecule has 3 atom stereocenters. The highest BCUT2D eigenvalue weighted by molar-refractivity contribution is 5.28. The number of rotatable bonds is 2. The van der Waals surface area contributed by atoms with Gasteiger partial charge >= 0.3 is 0 Å². The number of hydrogen-bond donors (Lipinski definition) is 1. The van der Waals surface area contributed by atoms with Gasteiger partial charge in [0.25, 0.3) is 0 Å². The van der Waals surface area contributed by atoms with Crippen molar-refractivity contribution in [1.82, 2.24) is 0 Å². The molecule has 2 aliphatic carbocycles. The molecule has 1 aromatic carbocycles. The van der Waals surface area contributed by atoms with Crippen molar-refractivity contribution in [2.75, 3.05) is 0 Å². The summed E-state index contributed by atoms with van der Waals surface area (Å²) in [5, 5.41) is 10.3. The molecule has 0 bridgehead atoms. The summed E-state index contributed by atoms with van der Waals surface area (Å²) in [5.41, 5.74) is 2.37. The zero-order chi connectivity index (χ0) is 10.4. The number of fused-ring (bicyclic) bond motifs is 1. The van der Waals surface area contributed by atoms with E-state index in [4.69, 9.17) is 0 Å². The lowest BCUT2D eigenvalue weighted by Gasteiger charge is -2.21. The van der Waals surface area contributed by atoms with Crippen LogP contribution in [-0.2, 0) is 0 Å². The summed E-state index contributed by atoms with van der Waals surface area (Å²) >= 11 is 0. The molecule has 0 heterocycles. The van der Waals surface area contributed by atoms with Crippen molar-refractivity contribution >= 4 is 0 Å². The molecule has 2 aliphatic rings. The molecule has 0 aromatic heterocycles. The van der Waals surface area contributed by atoms with Crippen molar-refractivity contribution in [2.24, 2.45) is 17.8 Å². The molecule has 3 unspecified atom stereocenters. The summed E-state index contributed by atoms with van der Waals surface area (Å²) in [4.78, 5) is 0. The van der Waals surface area contributed by atoms with E-state index in [2.05, 4.69) is 19.1 Å². The Bertz CT molecular complexity index is 361. The zero-order valence-corrected chi connectivity index (χ0v) is 9.19. The number of benzene rings is 1. The smallest absolute Gasteiger partial charge is 0.0820 e. The highest BCUT2D eigenvalue weighted by Gasteiger charge is 2.47. The molecule has 3 rings (SSSR count). The molecule has 0 amide bonds. The van der Waals surface area contributed by atoms with Crippen molar-refractivity contribution in [3.63, 3.8) is 0 Å². The average molecular weight is 202 g/mol. The monoisotopic (exact) mass is 202 g/mol. The summed E-state index contributed by atoms with van der Waals surface area (Å²) in [7, 11) is 0. The second-order valence-electron chi connectivity index (χ2n) is 5.29. The minimum atomic E-state index is -0.223. The van der Waals surface area contributed by atoms with E-state index >= 15 is 0 Å². The van der Waals surface area contributed by atoms with Crippen LogP contribution < -0.4 is 0 Å². The van der Waals surface area contributed by atoms with Gasteiger partial charge in [-0.2, -0.15) is 0 Å². The summed E-state index contributed by atoms with van der Waals surface area (Å²) in [6.07, 6.45) is 3.70. The predicted octanol–water partition coefficient (Wildman–Crippen LogP) is 3.07. The van der Waals surface area contributed by atoms with Gasteiger partial charge in [0.1, 0.15) is 0 Å². The number of aryl methyl sites for hydroxylation is 1. The third-order valence-electron chi connectivity index (χ3n) is 4.23. The van der Waals surface area contributed by atoms with Crippen LogP contribution in [0.3, 0.4) is 0 Å². The predicted molar refractivity (Wildman–Crippen MR) is 60.5 cm³/mol. The standard InChI is InChI=1S/C14H18O/c1-9-4-2-3-5-13(9)14(15)12-7-10-6-11(10)8-12/h2-5,10-12,14-15H,6-8H2,1H3. The molecule has 15 heavy (non-hydrogen) atoms. The summed E-state index contributed by atoms with van der Waals surface area (Å²) < 4.78 is 0. The lowest BCUT2D eigenvalue weighted by atomic mass is 9.89. The van der Waals surface area contributed by atoms with Crippen LogP contribution in [0.4, 0.5) is 0 Å². The van der Waals surface area contributed by atoms with Crippen molar-refractivity contribution in [2.45, 2.75) is 32.3 Å². The van der Waals surface area contributed by atoms with Gasteiger partial charge in [-0.05, 0) is 55.1 Å². The van der Waals surface area contributed by atoms with Gasteiger partial charge in [0.15, 0.2) is 0 Å². The van der Waals surface area contributed by atoms with Crippen LogP contribution in [0.2, 0.25) is 0 Å². The minimum absolute atomic E-state index is 0.223. The fraction of sp³-hybridized carbons (Fsp3) is 0.571. The first-order valence-corrected chi connectivity index (χ1v) is 5.99. The van der Waals surface area contributed by atoms with Gasteiger partial charge in [-0.15, -0.1) is 0 Å². The Morgan fingerprint density at radius 1 is 1.13 bits per heavy atom. The third-order valence-corrected chi connectivity index (χ3v) is 4.23. The van der Waals surface area contributed by atoms with Crippen molar-refractivity contribution < 1.29 is 5.11 Å². The largest absolute Gasteiger partial charge is 0.388 e. The average Bonchev–Trinajstić information content (AvgIpc) is 2.86. The molecule has 1 aromatic rings. The van der Waals surface area contributed by atoms with Gasteiger partial charge in [0.05, 0.1) is 6.10 Å². The fourth-order valence-corrected chi connectivity index (χ4v) is 3.19. The van der Waals surface area contributed by atoms with E-state index in [1.807, 2.05) is 12.1 Å². The van der Waals surface area contributed by atoms with Gasteiger partial charge in [-0.3, -0.25) is 0 Å². The molecule has 0 radical (unpaired) electrons. The molecular formula is C14H18O. The van der Waals surface area contributed by atoms with Crippen LogP contribution in [0.15, 0.2) is 24.3 Å². The minimum Gasteiger partial charge on any atom is -0.388 e. The molecule has 1 nitrogen and oxygen atoms in total. The number of aliphatic hydroxyl groups excluding tert-OH is 1. The molecule has 1 N–H and O–H groups in total. The van der Waals surface area contributed by atoms with Gasteiger partial charge in [0.2, 0.25) is 0 Å². The maximum Gasteiger partial charge on any atom is 0.0820 e. The Morgan fingerprint density at radius 2 is 1.80 bits per heavy atom. The van der Waals surface area contributed by atoms with Gasteiger partial charge in [-0.1, -0.05) is 24.3 Å². The Hall–Kier alpha value is -0.820. The summed E-state index contributed by atoms with van der Waals surface area (Å²) in [6, 6.07) is 8.23. The first-order chi connectivity index (χ1) is 7.25. The van der Waals surface area contributed by atoms with E-state index in [0.717, 1.165) is 17.4 Å². The second kappa shape index (κ2) is 3.34. The molecular weight excluding hydrogens is 184 g/mol. The van der Waals surface area contributed by atoms with E-state index in [1.165, 1.54) is 24.8 Å². The van der Waals surface area contributed by atoms with Crippen molar-refractivity contribution in [1.29, 1.82) is 0 Å². The van der Waals surface area contributed by atoms with Gasteiger partial charge in [0, 0.05) is 0 Å². The first-order valence-electron chi connectivity index (χ1n) is 5.99. The van der Waals surface area contributed by atoms with Crippen LogP contribution in [0.1, 0.15) is 36.5 Å². The van der Waals surface area contributed by atoms with Gasteiger partial charge < -0.3 is 5.11 Å². The maximum absolute atomic E-state index is 10.3. The first kappa shape index (κ1) is 9.41. The third kappa shape index (κ3) is 1.59. The Morgan fingerprint density at radius 3 is 2.47 bits per heavy atom. The molecule has 0 aliphatic heterocycles. The molecule has 2 saturated carbocycles. The lowest BCUT2D eigenvalue weighted by Crippen LogP contribution is -2.12. The molecule has 80 valence electrons. The Labute approximate surface area is 91.1 Å². The summed E-state index contributed by atoms with van der Waals surface area (Å²) in [5.74, 6) is 2.43. The molecule has 0 spiro atoms. The van der Waals surface area contributed by atoms with E-state index in [1.54, 1.807) is 0 Å². The van der Waals surface area contributed by atoms with Crippen molar-refractivity contribution in [3.05, 3.63) is 35.4 Å². The second-order valence-corrected chi connectivity index (χ2v) is 5.29. The van der Waals surface area contributed by atoms with Crippen molar-refractivity contribution in [3.8, 4) is 0 Å². The highest BCUT2D eigenvalue weighted by Crippen LogP contribution is 2.57. The van der Waals surface area contributed by atoms with Crippen LogP contribution in [0, 0.1) is 24.7 Å². The normalized spacial score (nSPS) is 34.9. The van der Waals surface area contributed by atoms with Crippen LogP contribution in [0.25, 0.3) is 0 Å². The molecule has 2 fully saturated rings. The SMILES string of the molecule is Cc1ccccc1C(O)C1CC2CC2C1. The quantitative estimate of drug-likeness (QED) is 0.781. The van der Waals surface area contributed by atoms with E-state index in [9.17, 15) is 5.11 Å². The topological polar surface area (TPSA) is 20.2 Å². The van der Waals surface area contributed by atoms with Crippen LogP contribution >= 0.6 is 0 Å². The lowest BCUT2D eigenvalue weighted by molar-refractivity contribution is 0.104. The Kier molecular flexibility index (Phi) is 2.10. The van der Waals surface area contributed by atoms with Gasteiger partial charge in [-0.25, -0.2) is 0 Å². The number of hydrogen-bond acceptors (Lipinski definition) is 1. The fourth-order valence-electron chi connectivity index (χ4n) is 3.19. The highest BCUT2D eigenvalue weighted by atomic mass is 16.3. The van der Waals surface area contributed by atoms with Crippen LogP contribution in [-0.4, -0.2) is 5.11 Å². The Balaban J connectivity index is 1.79. The maximum atomic E-state index is 10.3. The van der Waals surface area contributed by atoms with E-state index in [-0.39, 0.29) is 6.10 Å². The summed E-state index contributed by atoms with van der Waals surface area (Å²) in [6.45, 7) is 2.09. The van der Waals surface area contributed by atoms with E-state index < -0.39 is 0 Å². The number of aliphatic hydroxyl groups is 1. The van der Waals surface area contributed by atoms with E-state index in [0.29, 0.717) is 5.92 Å². The molecule has 1 heteroatoms. The molecule has 0 saturated heterocycles.